The highest BCUT2D eigenvalue weighted by atomic mass is 35.5. The number of hydrogen-bond donors (Lipinski definition) is 1. The Bertz CT molecular complexity index is 413. The van der Waals surface area contributed by atoms with Crippen molar-refractivity contribution in [1.82, 2.24) is 5.32 Å². The van der Waals surface area contributed by atoms with E-state index in [-0.39, 0.29) is 0 Å². The second kappa shape index (κ2) is 8.26. The quantitative estimate of drug-likeness (QED) is 0.702. The molecule has 0 spiro atoms. The second-order valence-corrected chi connectivity index (χ2v) is 6.68. The molecular weight excluding hydrogens is 289 g/mol. The maximum Gasteiger partial charge on any atom is 0.0624 e. The van der Waals surface area contributed by atoms with Crippen molar-refractivity contribution in [2.24, 2.45) is 5.92 Å². The first-order valence-corrected chi connectivity index (χ1v) is 8.62. The van der Waals surface area contributed by atoms with Gasteiger partial charge in [0.2, 0.25) is 0 Å². The van der Waals surface area contributed by atoms with Gasteiger partial charge in [-0.3, -0.25) is 0 Å². The first-order valence-electron chi connectivity index (χ1n) is 7.87. The van der Waals surface area contributed by atoms with E-state index in [1.54, 1.807) is 0 Å². The summed E-state index contributed by atoms with van der Waals surface area (Å²) in [5.74, 6) is 0.950. The Balaban J connectivity index is 1.92. The summed E-state index contributed by atoms with van der Waals surface area (Å²) in [6, 6.07) is 6.45. The maximum atomic E-state index is 6.31. The number of likely N-dealkylation sites (N-methyl/N-ethyl adjacent to an activating group) is 1. The molecule has 1 aromatic carbocycles. The van der Waals surface area contributed by atoms with Crippen molar-refractivity contribution in [3.8, 4) is 0 Å². The molecule has 1 fully saturated rings. The van der Waals surface area contributed by atoms with Crippen LogP contribution in [0.3, 0.4) is 0 Å². The summed E-state index contributed by atoms with van der Waals surface area (Å²) in [4.78, 5) is 0. The third-order valence-corrected chi connectivity index (χ3v) is 5.25. The van der Waals surface area contributed by atoms with Crippen LogP contribution in [0.1, 0.15) is 51.0 Å². The monoisotopic (exact) mass is 313 g/mol. The van der Waals surface area contributed by atoms with E-state index in [1.165, 1.54) is 38.5 Å². The highest BCUT2D eigenvalue weighted by Crippen LogP contribution is 2.30. The van der Waals surface area contributed by atoms with E-state index in [0.29, 0.717) is 11.1 Å². The van der Waals surface area contributed by atoms with Gasteiger partial charge in [-0.05, 0) is 43.4 Å². The van der Waals surface area contributed by atoms with Gasteiger partial charge in [0.05, 0.1) is 10.0 Å². The fourth-order valence-corrected chi connectivity index (χ4v) is 3.67. The van der Waals surface area contributed by atoms with Gasteiger partial charge >= 0.3 is 0 Å². The Morgan fingerprint density at radius 2 is 2.00 bits per heavy atom. The van der Waals surface area contributed by atoms with Crippen LogP contribution in [-0.2, 0) is 6.42 Å². The molecule has 0 bridgehead atoms. The number of nitrogens with one attached hydrogen (secondary N) is 1. The third kappa shape index (κ3) is 4.65. The van der Waals surface area contributed by atoms with Crippen molar-refractivity contribution in [2.75, 3.05) is 6.54 Å². The fraction of sp³-hybridized carbons (Fsp3) is 0.647. The molecule has 0 amide bonds. The van der Waals surface area contributed by atoms with Crippen LogP contribution in [0.25, 0.3) is 0 Å². The Labute approximate surface area is 133 Å². The van der Waals surface area contributed by atoms with E-state index in [0.717, 1.165) is 29.5 Å². The lowest BCUT2D eigenvalue weighted by Gasteiger charge is -2.20. The lowest BCUT2D eigenvalue weighted by Crippen LogP contribution is -2.31. The number of rotatable bonds is 7. The summed E-state index contributed by atoms with van der Waals surface area (Å²) in [5, 5.41) is 4.98. The first-order chi connectivity index (χ1) is 9.70. The summed E-state index contributed by atoms with van der Waals surface area (Å²) >= 11 is 12.4. The molecule has 2 rings (SSSR count). The van der Waals surface area contributed by atoms with E-state index in [9.17, 15) is 0 Å². The summed E-state index contributed by atoms with van der Waals surface area (Å²) in [6.07, 6.45) is 9.26. The number of halogens is 2. The highest BCUT2D eigenvalue weighted by Gasteiger charge is 2.18. The third-order valence-electron chi connectivity index (χ3n) is 4.39. The van der Waals surface area contributed by atoms with Crippen LogP contribution in [0.15, 0.2) is 18.2 Å². The normalized spacial score (nSPS) is 17.6. The zero-order valence-electron chi connectivity index (χ0n) is 12.3. The highest BCUT2D eigenvalue weighted by molar-refractivity contribution is 6.42. The van der Waals surface area contributed by atoms with Crippen molar-refractivity contribution in [3.63, 3.8) is 0 Å². The lowest BCUT2D eigenvalue weighted by atomic mass is 9.95. The van der Waals surface area contributed by atoms with Gasteiger partial charge in [0.25, 0.3) is 0 Å². The molecule has 0 saturated heterocycles. The van der Waals surface area contributed by atoms with E-state index in [2.05, 4.69) is 18.3 Å². The van der Waals surface area contributed by atoms with Crippen molar-refractivity contribution in [2.45, 2.75) is 57.9 Å². The van der Waals surface area contributed by atoms with Gasteiger partial charge in [0.1, 0.15) is 0 Å². The summed E-state index contributed by atoms with van der Waals surface area (Å²) in [6.45, 7) is 3.18. The van der Waals surface area contributed by atoms with Crippen molar-refractivity contribution in [3.05, 3.63) is 33.8 Å². The summed E-state index contributed by atoms with van der Waals surface area (Å²) < 4.78 is 0. The molecule has 3 heteroatoms. The smallest absolute Gasteiger partial charge is 0.0624 e. The SMILES string of the molecule is CCNC(CCC1CCCC1)Cc1cccc(Cl)c1Cl. The summed E-state index contributed by atoms with van der Waals surface area (Å²) in [7, 11) is 0. The van der Waals surface area contributed by atoms with E-state index in [4.69, 9.17) is 23.2 Å². The predicted octanol–water partition coefficient (Wildman–Crippen LogP) is 5.48. The van der Waals surface area contributed by atoms with E-state index in [1.807, 2.05) is 12.1 Å². The minimum Gasteiger partial charge on any atom is -0.314 e. The maximum absolute atomic E-state index is 6.31. The zero-order chi connectivity index (χ0) is 14.4. The van der Waals surface area contributed by atoms with Crippen LogP contribution in [0.4, 0.5) is 0 Å². The van der Waals surface area contributed by atoms with Gasteiger partial charge < -0.3 is 5.32 Å². The predicted molar refractivity (Wildman–Crippen MR) is 88.8 cm³/mol. The fourth-order valence-electron chi connectivity index (χ4n) is 3.27. The van der Waals surface area contributed by atoms with Crippen LogP contribution in [0.2, 0.25) is 10.0 Å². The Morgan fingerprint density at radius 1 is 1.25 bits per heavy atom. The summed E-state index contributed by atoms with van der Waals surface area (Å²) in [5.41, 5.74) is 1.16. The molecule has 1 N–H and O–H groups in total. The molecule has 0 radical (unpaired) electrons. The zero-order valence-corrected chi connectivity index (χ0v) is 13.8. The standard InChI is InChI=1S/C17H25Cl2N/c1-2-20-15(11-10-13-6-3-4-7-13)12-14-8-5-9-16(18)17(14)19/h5,8-9,13,15,20H,2-4,6-7,10-12H2,1H3. The van der Waals surface area contributed by atoms with Crippen LogP contribution in [-0.4, -0.2) is 12.6 Å². The van der Waals surface area contributed by atoms with Crippen molar-refractivity contribution < 1.29 is 0 Å². The van der Waals surface area contributed by atoms with Crippen LogP contribution in [0.5, 0.6) is 0 Å². The second-order valence-electron chi connectivity index (χ2n) is 5.90. The van der Waals surface area contributed by atoms with Crippen molar-refractivity contribution in [1.29, 1.82) is 0 Å². The largest absolute Gasteiger partial charge is 0.314 e. The van der Waals surface area contributed by atoms with Crippen molar-refractivity contribution >= 4 is 23.2 Å². The average molecular weight is 314 g/mol. The molecule has 112 valence electrons. The molecule has 20 heavy (non-hydrogen) atoms. The van der Waals surface area contributed by atoms with Gasteiger partial charge in [-0.2, -0.15) is 0 Å². The Hall–Kier alpha value is -0.240. The van der Waals surface area contributed by atoms with Gasteiger partial charge in [0.15, 0.2) is 0 Å². The van der Waals surface area contributed by atoms with E-state index >= 15 is 0 Å². The molecular formula is C17H25Cl2N. The van der Waals surface area contributed by atoms with Crippen LogP contribution < -0.4 is 5.32 Å². The molecule has 1 atom stereocenters. The van der Waals surface area contributed by atoms with Crippen LogP contribution >= 0.6 is 23.2 Å². The van der Waals surface area contributed by atoms with Gasteiger partial charge in [0, 0.05) is 6.04 Å². The average Bonchev–Trinajstić information content (AvgIpc) is 2.94. The topological polar surface area (TPSA) is 12.0 Å². The van der Waals surface area contributed by atoms with Gasteiger partial charge in [-0.25, -0.2) is 0 Å². The minimum atomic E-state index is 0.511. The van der Waals surface area contributed by atoms with Gasteiger partial charge in [-0.1, -0.05) is 67.9 Å². The molecule has 0 aromatic heterocycles. The molecule has 0 aliphatic heterocycles. The van der Waals surface area contributed by atoms with E-state index < -0.39 is 0 Å². The molecule has 1 unspecified atom stereocenters. The first kappa shape index (κ1) is 16.1. The minimum absolute atomic E-state index is 0.511. The van der Waals surface area contributed by atoms with Crippen LogP contribution in [0, 0.1) is 5.92 Å². The molecule has 1 saturated carbocycles. The lowest BCUT2D eigenvalue weighted by molar-refractivity contribution is 0.407. The Morgan fingerprint density at radius 3 is 2.70 bits per heavy atom. The van der Waals surface area contributed by atoms with Gasteiger partial charge in [-0.15, -0.1) is 0 Å². The molecule has 1 aliphatic rings. The molecule has 1 aromatic rings. The Kier molecular flexibility index (Phi) is 6.67. The number of benzene rings is 1. The number of hydrogen-bond acceptors (Lipinski definition) is 1. The molecule has 1 aliphatic carbocycles. The molecule has 0 heterocycles. The molecule has 1 nitrogen and oxygen atoms in total.